The zero-order chi connectivity index (χ0) is 29.6. The molecule has 0 saturated carbocycles. The van der Waals surface area contributed by atoms with E-state index in [-0.39, 0.29) is 33.6 Å². The Kier molecular flexibility index (Phi) is 9.31. The van der Waals surface area contributed by atoms with E-state index in [2.05, 4.69) is 45.8 Å². The summed E-state index contributed by atoms with van der Waals surface area (Å²) in [5.74, 6) is -0.538. The van der Waals surface area contributed by atoms with Crippen molar-refractivity contribution in [2.45, 2.75) is 19.1 Å². The van der Waals surface area contributed by atoms with Gasteiger partial charge in [0.2, 0.25) is 17.8 Å². The molecule has 41 heavy (non-hydrogen) atoms. The minimum atomic E-state index is -4.82. The molecule has 0 saturated heterocycles. The van der Waals surface area contributed by atoms with Crippen molar-refractivity contribution in [3.8, 4) is 5.75 Å². The second-order valence-corrected chi connectivity index (χ2v) is 9.50. The first-order valence-corrected chi connectivity index (χ1v) is 12.7. The highest BCUT2D eigenvalue weighted by molar-refractivity contribution is 14.1. The van der Waals surface area contributed by atoms with Crippen LogP contribution in [0.1, 0.15) is 16.7 Å². The molecule has 0 bridgehead atoms. The van der Waals surface area contributed by atoms with Crippen LogP contribution >= 0.6 is 34.2 Å². The molecule has 17 heteroatoms. The van der Waals surface area contributed by atoms with Crippen LogP contribution in [0.4, 0.5) is 49.9 Å². The number of pyridine rings is 1. The van der Waals surface area contributed by atoms with Gasteiger partial charge in [-0.3, -0.25) is 0 Å². The highest BCUT2D eigenvalue weighted by atomic mass is 127. The van der Waals surface area contributed by atoms with E-state index in [0.29, 0.717) is 10.7 Å². The molecule has 0 radical (unpaired) electrons. The van der Waals surface area contributed by atoms with Gasteiger partial charge in [-0.2, -0.15) is 33.2 Å². The van der Waals surface area contributed by atoms with Gasteiger partial charge >= 0.3 is 12.5 Å². The lowest BCUT2D eigenvalue weighted by Gasteiger charge is -2.13. The van der Waals surface area contributed by atoms with Gasteiger partial charge < -0.3 is 15.4 Å². The summed E-state index contributed by atoms with van der Waals surface area (Å²) in [5.41, 5.74) is 2.97. The Bertz CT molecular complexity index is 1520. The minimum absolute atomic E-state index is 0.0184. The molecular weight excluding hydrogens is 693 g/mol. The summed E-state index contributed by atoms with van der Waals surface area (Å²) in [4.78, 5) is 16.5. The van der Waals surface area contributed by atoms with Crippen LogP contribution in [0.2, 0.25) is 5.15 Å². The van der Waals surface area contributed by atoms with Crippen molar-refractivity contribution in [1.29, 1.82) is 0 Å². The number of anilines is 4. The Balaban J connectivity index is 1.54. The van der Waals surface area contributed by atoms with E-state index in [4.69, 9.17) is 11.6 Å². The first kappa shape index (κ1) is 30.0. The van der Waals surface area contributed by atoms with Crippen molar-refractivity contribution in [3.05, 3.63) is 86.2 Å². The van der Waals surface area contributed by atoms with E-state index >= 15 is 0 Å². The van der Waals surface area contributed by atoms with Crippen LogP contribution in [-0.4, -0.2) is 32.5 Å². The molecule has 2 heterocycles. The fourth-order valence-corrected chi connectivity index (χ4v) is 3.88. The largest absolute Gasteiger partial charge is 0.573 e. The third-order valence-electron chi connectivity index (χ3n) is 4.89. The van der Waals surface area contributed by atoms with Gasteiger partial charge in [-0.05, 0) is 82.2 Å². The number of alkyl halides is 6. The lowest BCUT2D eigenvalue weighted by Crippen LogP contribution is -2.17. The van der Waals surface area contributed by atoms with Crippen LogP contribution < -0.4 is 20.8 Å². The van der Waals surface area contributed by atoms with E-state index in [1.807, 2.05) is 0 Å². The minimum Gasteiger partial charge on any atom is -0.406 e. The molecule has 0 fully saturated rings. The zero-order valence-corrected chi connectivity index (χ0v) is 23.1. The number of halogens is 8. The predicted molar refractivity (Wildman–Crippen MR) is 148 cm³/mol. The maximum Gasteiger partial charge on any atom is 0.573 e. The lowest BCUT2D eigenvalue weighted by atomic mass is 10.2. The van der Waals surface area contributed by atoms with E-state index in [1.54, 1.807) is 34.7 Å². The third-order valence-corrected chi connectivity index (χ3v) is 6.06. The molecule has 4 aromatic rings. The summed E-state index contributed by atoms with van der Waals surface area (Å²) in [7, 11) is 0. The number of hydrogen-bond donors (Lipinski definition) is 3. The molecule has 2 aromatic heterocycles. The van der Waals surface area contributed by atoms with Crippen LogP contribution in [0, 0.1) is 3.57 Å². The van der Waals surface area contributed by atoms with E-state index in [9.17, 15) is 26.3 Å². The molecule has 2 aromatic carbocycles. The quantitative estimate of drug-likeness (QED) is 0.0549. The number of ether oxygens (including phenoxy) is 1. The van der Waals surface area contributed by atoms with Gasteiger partial charge in [0.25, 0.3) is 0 Å². The lowest BCUT2D eigenvalue weighted by molar-refractivity contribution is -0.274. The van der Waals surface area contributed by atoms with Crippen molar-refractivity contribution >= 4 is 63.9 Å². The van der Waals surface area contributed by atoms with Gasteiger partial charge in [0.1, 0.15) is 10.9 Å². The van der Waals surface area contributed by atoms with Crippen LogP contribution in [0.3, 0.4) is 0 Å². The van der Waals surface area contributed by atoms with Crippen molar-refractivity contribution in [2.24, 2.45) is 5.10 Å². The van der Waals surface area contributed by atoms with Crippen LogP contribution in [-0.2, 0) is 12.7 Å². The van der Waals surface area contributed by atoms with E-state index in [0.717, 1.165) is 23.8 Å². The smallest absolute Gasteiger partial charge is 0.406 e. The predicted octanol–water partition coefficient (Wildman–Crippen LogP) is 7.24. The topological polar surface area (TPSA) is 109 Å². The summed E-state index contributed by atoms with van der Waals surface area (Å²) >= 11 is 7.40. The van der Waals surface area contributed by atoms with Gasteiger partial charge in [-0.25, -0.2) is 10.4 Å². The molecule has 4 rings (SSSR count). The second kappa shape index (κ2) is 12.7. The highest BCUT2D eigenvalue weighted by Crippen LogP contribution is 2.35. The van der Waals surface area contributed by atoms with Gasteiger partial charge in [0, 0.05) is 22.0 Å². The maximum atomic E-state index is 13.4. The molecule has 0 unspecified atom stereocenters. The number of nitrogens with zero attached hydrogens (tertiary/aromatic N) is 5. The first-order valence-electron chi connectivity index (χ1n) is 11.2. The van der Waals surface area contributed by atoms with Crippen molar-refractivity contribution in [2.75, 3.05) is 16.1 Å². The molecular formula is C24H16ClF6IN8O. The summed E-state index contributed by atoms with van der Waals surface area (Å²) in [6.45, 7) is 0.227. The Morgan fingerprint density at radius 2 is 1.61 bits per heavy atom. The number of nitrogens with one attached hydrogen (secondary N) is 3. The number of hydrogen-bond acceptors (Lipinski definition) is 9. The van der Waals surface area contributed by atoms with Crippen LogP contribution in [0.5, 0.6) is 5.75 Å². The molecule has 0 aliphatic carbocycles. The monoisotopic (exact) mass is 708 g/mol. The van der Waals surface area contributed by atoms with Crippen molar-refractivity contribution in [3.63, 3.8) is 0 Å². The molecule has 0 aliphatic rings. The number of rotatable bonds is 9. The summed E-state index contributed by atoms with van der Waals surface area (Å²) in [6, 6.07) is 11.9. The average molecular weight is 709 g/mol. The van der Waals surface area contributed by atoms with Gasteiger partial charge in [-0.15, -0.1) is 13.2 Å². The van der Waals surface area contributed by atoms with Gasteiger partial charge in [0.15, 0.2) is 0 Å². The number of benzene rings is 2. The fourth-order valence-electron chi connectivity index (χ4n) is 3.12. The molecule has 0 spiro atoms. The summed E-state index contributed by atoms with van der Waals surface area (Å²) in [6.07, 6.45) is -6.56. The normalized spacial score (nSPS) is 11.9. The SMILES string of the molecule is FC(F)(F)Oc1ccc(C=NNc2nc(NCc3ccc(Cl)nc3)nc(Nc3ccc(I)c(C(F)(F)F)c3)n2)cc1. The Hall–Kier alpha value is -3.93. The molecule has 214 valence electrons. The van der Waals surface area contributed by atoms with Crippen LogP contribution in [0.25, 0.3) is 0 Å². The zero-order valence-electron chi connectivity index (χ0n) is 20.2. The molecule has 0 amide bonds. The second-order valence-electron chi connectivity index (χ2n) is 7.95. The molecule has 0 aliphatic heterocycles. The van der Waals surface area contributed by atoms with Crippen molar-refractivity contribution < 1.29 is 31.1 Å². The number of aromatic nitrogens is 4. The number of hydrazone groups is 1. The summed E-state index contributed by atoms with van der Waals surface area (Å²) < 4.78 is 81.0. The Morgan fingerprint density at radius 3 is 2.27 bits per heavy atom. The Labute approximate surface area is 246 Å². The third kappa shape index (κ3) is 9.31. The molecule has 9 nitrogen and oxygen atoms in total. The molecule has 0 atom stereocenters. The first-order chi connectivity index (χ1) is 19.3. The highest BCUT2D eigenvalue weighted by Gasteiger charge is 2.33. The van der Waals surface area contributed by atoms with Crippen molar-refractivity contribution in [1.82, 2.24) is 19.9 Å². The fraction of sp³-hybridized carbons (Fsp3) is 0.125. The van der Waals surface area contributed by atoms with E-state index in [1.165, 1.54) is 36.7 Å². The maximum absolute atomic E-state index is 13.4. The van der Waals surface area contributed by atoms with Gasteiger partial charge in [-0.1, -0.05) is 17.7 Å². The van der Waals surface area contributed by atoms with Gasteiger partial charge in [0.05, 0.1) is 11.8 Å². The van der Waals surface area contributed by atoms with E-state index < -0.39 is 23.9 Å². The molecule has 3 N–H and O–H groups in total. The standard InChI is InChI=1S/C24H16ClF6IN8O/c25-19-8-3-14(10-33-19)11-34-20-37-21(36-15-4-7-18(32)17(9-15)23(26,27)28)39-22(38-20)40-35-12-13-1-5-16(6-2-13)41-24(29,30)31/h1-10,12H,11H2,(H3,34,36,37,38,39,40). The van der Waals surface area contributed by atoms with Crippen LogP contribution in [0.15, 0.2) is 65.9 Å². The average Bonchev–Trinajstić information content (AvgIpc) is 2.89. The summed E-state index contributed by atoms with van der Waals surface area (Å²) in [5, 5.41) is 9.97. The Morgan fingerprint density at radius 1 is 0.902 bits per heavy atom.